The number of benzene rings is 2. The molecule has 3 unspecified atom stereocenters. The zero-order valence-corrected chi connectivity index (χ0v) is 26.0. The van der Waals surface area contributed by atoms with Crippen LogP contribution < -0.4 is 5.32 Å². The van der Waals surface area contributed by atoms with Crippen molar-refractivity contribution in [1.82, 2.24) is 5.32 Å². The molecule has 2 aliphatic rings. The number of hydrogen-bond acceptors (Lipinski definition) is 9. The first-order valence-corrected chi connectivity index (χ1v) is 15.0. The lowest BCUT2D eigenvalue weighted by Gasteiger charge is -2.26. The Morgan fingerprint density at radius 3 is 1.70 bits per heavy atom. The summed E-state index contributed by atoms with van der Waals surface area (Å²) in [6.07, 6.45) is -0.684. The molecule has 2 aliphatic carbocycles. The molecular weight excluding hydrogens is 570 g/mol. The molecule has 0 radical (unpaired) electrons. The van der Waals surface area contributed by atoms with Crippen molar-refractivity contribution < 1.29 is 38.3 Å². The molecule has 2 aromatic rings. The molecule has 0 aliphatic heterocycles. The van der Waals surface area contributed by atoms with Crippen LogP contribution in [0.15, 0.2) is 46.2 Å². The van der Waals surface area contributed by atoms with Crippen LogP contribution in [0.1, 0.15) is 96.3 Å². The largest absolute Gasteiger partial charge is 0.444 e. The van der Waals surface area contributed by atoms with Crippen molar-refractivity contribution in [2.24, 2.45) is 23.7 Å². The van der Waals surface area contributed by atoms with Gasteiger partial charge in [-0.3, -0.25) is 28.8 Å². The molecule has 0 saturated carbocycles. The highest BCUT2D eigenvalue weighted by Gasteiger charge is 2.47. The molecule has 0 heterocycles. The Kier molecular flexibility index (Phi) is 8.92. The van der Waals surface area contributed by atoms with E-state index in [0.29, 0.717) is 9.79 Å². The monoisotopic (exact) mass is 605 g/mol. The fraction of sp³-hybridized carbons (Fsp3) is 0.424. The van der Waals surface area contributed by atoms with Gasteiger partial charge in [0.25, 0.3) is 0 Å². The minimum Gasteiger partial charge on any atom is -0.444 e. The molecule has 3 atom stereocenters. The Morgan fingerprint density at radius 2 is 1.23 bits per heavy atom. The summed E-state index contributed by atoms with van der Waals surface area (Å²) in [6, 6.07) is 8.28. The lowest BCUT2D eigenvalue weighted by atomic mass is 9.88. The average molecular weight is 606 g/mol. The molecule has 4 rings (SSSR count). The number of amides is 1. The number of carbonyl (C=O) groups is 7. The van der Waals surface area contributed by atoms with E-state index in [1.165, 1.54) is 30.0 Å². The molecule has 0 aromatic heterocycles. The quantitative estimate of drug-likeness (QED) is 0.364. The summed E-state index contributed by atoms with van der Waals surface area (Å²) >= 11 is 1.21. The summed E-state index contributed by atoms with van der Waals surface area (Å²) in [5.74, 6) is -6.65. The van der Waals surface area contributed by atoms with Crippen molar-refractivity contribution in [1.29, 1.82) is 0 Å². The smallest absolute Gasteiger partial charge is 0.408 e. The fourth-order valence-electron chi connectivity index (χ4n) is 5.26. The maximum Gasteiger partial charge on any atom is 0.408 e. The van der Waals surface area contributed by atoms with Gasteiger partial charge in [-0.25, -0.2) is 4.79 Å². The molecule has 0 spiro atoms. The lowest BCUT2D eigenvalue weighted by molar-refractivity contribution is -0.123. The number of Topliss-reactive ketones (excluding diaryl/α,β-unsaturated/α-hetero) is 6. The Morgan fingerprint density at radius 1 is 0.767 bits per heavy atom. The van der Waals surface area contributed by atoms with Crippen LogP contribution >= 0.6 is 11.8 Å². The minimum atomic E-state index is -1.58. The van der Waals surface area contributed by atoms with Crippen LogP contribution in [0, 0.1) is 23.7 Å². The van der Waals surface area contributed by atoms with E-state index < -0.39 is 64.4 Å². The first-order chi connectivity index (χ1) is 20.0. The molecular formula is C33H35NO8S. The Labute approximate surface area is 254 Å². The zero-order chi connectivity index (χ0) is 32.0. The molecule has 10 heteroatoms. The van der Waals surface area contributed by atoms with Crippen molar-refractivity contribution in [2.75, 3.05) is 0 Å². The van der Waals surface area contributed by atoms with Crippen LogP contribution in [-0.4, -0.2) is 52.4 Å². The van der Waals surface area contributed by atoms with Crippen molar-refractivity contribution in [3.8, 4) is 0 Å². The van der Waals surface area contributed by atoms with Gasteiger partial charge in [0.2, 0.25) is 0 Å². The van der Waals surface area contributed by atoms with Crippen LogP contribution in [0.4, 0.5) is 4.79 Å². The normalized spacial score (nSPS) is 18.6. The summed E-state index contributed by atoms with van der Waals surface area (Å²) in [5, 5.41) is 2.52. The van der Waals surface area contributed by atoms with Gasteiger partial charge in [-0.2, -0.15) is 0 Å². The number of ketones is 6. The van der Waals surface area contributed by atoms with E-state index in [4.69, 9.17) is 4.74 Å². The third-order valence-corrected chi connectivity index (χ3v) is 8.17. The molecule has 2 aromatic carbocycles. The van der Waals surface area contributed by atoms with Gasteiger partial charge in [0, 0.05) is 38.5 Å². The van der Waals surface area contributed by atoms with Gasteiger partial charge in [-0.05, 0) is 69.0 Å². The van der Waals surface area contributed by atoms with Gasteiger partial charge in [0.1, 0.15) is 17.4 Å². The van der Waals surface area contributed by atoms with Crippen LogP contribution in [0.2, 0.25) is 0 Å². The van der Waals surface area contributed by atoms with Crippen LogP contribution in [-0.2, 0) is 14.3 Å². The lowest BCUT2D eigenvalue weighted by Crippen LogP contribution is -2.50. The van der Waals surface area contributed by atoms with Gasteiger partial charge in [0.15, 0.2) is 34.7 Å². The Bertz CT molecular complexity index is 1560. The zero-order valence-electron chi connectivity index (χ0n) is 25.2. The van der Waals surface area contributed by atoms with Crippen molar-refractivity contribution in [3.05, 3.63) is 58.7 Å². The van der Waals surface area contributed by atoms with E-state index in [1.54, 1.807) is 52.8 Å². The molecule has 1 N–H and O–H groups in total. The first kappa shape index (κ1) is 32.0. The topological polar surface area (TPSA) is 141 Å². The summed E-state index contributed by atoms with van der Waals surface area (Å²) in [4.78, 5) is 92.0. The SMILES string of the molecule is CC(C)CC(=O)C1C(=O)c2ccc(Sc3ccc4c(c3)C(=O)C(C(=O)C(NC(=O)OC(C)(C)C)C(C)C)C4=O)cc2C1=O. The second-order valence-corrected chi connectivity index (χ2v) is 13.8. The first-order valence-electron chi connectivity index (χ1n) is 14.2. The molecule has 0 bridgehead atoms. The molecule has 0 fully saturated rings. The van der Waals surface area contributed by atoms with E-state index in [1.807, 2.05) is 13.8 Å². The Hall–Kier alpha value is -3.92. The highest BCUT2D eigenvalue weighted by Crippen LogP contribution is 2.37. The van der Waals surface area contributed by atoms with Gasteiger partial charge < -0.3 is 10.1 Å². The summed E-state index contributed by atoms with van der Waals surface area (Å²) in [5.41, 5.74) is -0.180. The molecule has 43 heavy (non-hydrogen) atoms. The summed E-state index contributed by atoms with van der Waals surface area (Å²) in [6.45, 7) is 12.1. The molecule has 9 nitrogen and oxygen atoms in total. The number of alkyl carbamates (subject to hydrolysis) is 1. The second-order valence-electron chi connectivity index (χ2n) is 12.7. The van der Waals surface area contributed by atoms with E-state index in [-0.39, 0.29) is 40.4 Å². The number of nitrogens with one attached hydrogen (secondary N) is 1. The molecule has 0 saturated heterocycles. The van der Waals surface area contributed by atoms with Crippen molar-refractivity contribution in [2.45, 2.75) is 76.3 Å². The summed E-state index contributed by atoms with van der Waals surface area (Å²) in [7, 11) is 0. The Balaban J connectivity index is 1.54. The third kappa shape index (κ3) is 6.54. The van der Waals surface area contributed by atoms with Crippen LogP contribution in [0.5, 0.6) is 0 Å². The summed E-state index contributed by atoms with van der Waals surface area (Å²) < 4.78 is 5.26. The van der Waals surface area contributed by atoms with Gasteiger partial charge in [-0.15, -0.1) is 0 Å². The number of carbonyl (C=O) groups excluding carboxylic acids is 7. The predicted octanol–water partition coefficient (Wildman–Crippen LogP) is 5.56. The minimum absolute atomic E-state index is 0.0183. The maximum atomic E-state index is 13.5. The predicted molar refractivity (Wildman–Crippen MR) is 159 cm³/mol. The van der Waals surface area contributed by atoms with Crippen molar-refractivity contribution >= 4 is 52.6 Å². The van der Waals surface area contributed by atoms with E-state index in [9.17, 15) is 33.6 Å². The number of ether oxygens (including phenoxy) is 1. The highest BCUT2D eigenvalue weighted by atomic mass is 32.2. The number of fused-ring (bicyclic) bond motifs is 2. The number of rotatable bonds is 9. The van der Waals surface area contributed by atoms with Gasteiger partial charge in [0.05, 0.1) is 6.04 Å². The van der Waals surface area contributed by atoms with Crippen molar-refractivity contribution in [3.63, 3.8) is 0 Å². The third-order valence-electron chi connectivity index (χ3n) is 7.19. The van der Waals surface area contributed by atoms with Gasteiger partial charge in [-0.1, -0.05) is 39.5 Å². The highest BCUT2D eigenvalue weighted by molar-refractivity contribution is 7.99. The van der Waals surface area contributed by atoms with Gasteiger partial charge >= 0.3 is 6.09 Å². The molecule has 1 amide bonds. The average Bonchev–Trinajstić information content (AvgIpc) is 3.28. The van der Waals surface area contributed by atoms with Crippen LogP contribution in [0.25, 0.3) is 0 Å². The standard InChI is InChI=1S/C33H35NO8S/c1-15(2)12-23(35)24-27(36)19-10-8-17(13-21(19)29(24)38)43-18-9-11-20-22(14-18)30(39)25(28(20)37)31(40)26(16(3)4)34-32(41)42-33(5,6)7/h8-11,13-16,24-26H,12H2,1-7H3,(H,34,41). The fourth-order valence-corrected chi connectivity index (χ4v) is 6.16. The maximum absolute atomic E-state index is 13.5. The van der Waals surface area contributed by atoms with E-state index in [2.05, 4.69) is 5.32 Å². The van der Waals surface area contributed by atoms with E-state index >= 15 is 0 Å². The number of hydrogen-bond donors (Lipinski definition) is 1. The second kappa shape index (κ2) is 12.0. The van der Waals surface area contributed by atoms with Crippen LogP contribution in [0.3, 0.4) is 0 Å². The molecule has 226 valence electrons. The van der Waals surface area contributed by atoms with E-state index in [0.717, 1.165) is 0 Å².